The van der Waals surface area contributed by atoms with Gasteiger partial charge in [0, 0.05) is 18.0 Å². The first-order valence-electron chi connectivity index (χ1n) is 9.27. The van der Waals surface area contributed by atoms with E-state index in [9.17, 15) is 4.79 Å². The molecule has 0 radical (unpaired) electrons. The summed E-state index contributed by atoms with van der Waals surface area (Å²) in [7, 11) is 0. The highest BCUT2D eigenvalue weighted by atomic mass is 32.2. The maximum absolute atomic E-state index is 12.2. The Hall–Kier alpha value is -2.26. The first-order valence-corrected chi connectivity index (χ1v) is 11.0. The number of benzene rings is 1. The van der Waals surface area contributed by atoms with Gasteiger partial charge in [-0.1, -0.05) is 47.7 Å². The highest BCUT2D eigenvalue weighted by Gasteiger charge is 2.35. The summed E-state index contributed by atoms with van der Waals surface area (Å²) in [6.07, 6.45) is 2.54. The first-order chi connectivity index (χ1) is 13.5. The Balaban J connectivity index is 1.46. The van der Waals surface area contributed by atoms with Crippen molar-refractivity contribution in [1.82, 2.24) is 20.4 Å². The van der Waals surface area contributed by atoms with E-state index in [1.165, 1.54) is 28.7 Å². The molecule has 2 heterocycles. The van der Waals surface area contributed by atoms with E-state index in [2.05, 4.69) is 20.4 Å². The molecule has 1 aliphatic rings. The topological polar surface area (TPSA) is 85.0 Å². The Bertz CT molecular complexity index is 965. The number of carbonyl (C=O) groups is 1. The Morgan fingerprint density at radius 3 is 2.68 bits per heavy atom. The molecule has 146 valence electrons. The minimum absolute atomic E-state index is 0.0660. The SMILES string of the molecule is CCC(=O)N(c1nnc(S[C@H](C)c2nnc(-c3ccc(C)cc3)o2)s1)C1CC1. The summed E-state index contributed by atoms with van der Waals surface area (Å²) in [5.74, 6) is 1.15. The number of carbonyl (C=O) groups excluding carboxylic acids is 1. The van der Waals surface area contributed by atoms with Gasteiger partial charge in [-0.05, 0) is 38.8 Å². The summed E-state index contributed by atoms with van der Waals surface area (Å²) in [6, 6.07) is 8.26. The van der Waals surface area contributed by atoms with Crippen LogP contribution in [0.4, 0.5) is 5.13 Å². The number of hydrogen-bond donors (Lipinski definition) is 0. The molecular weight excluding hydrogens is 394 g/mol. The van der Waals surface area contributed by atoms with Gasteiger partial charge >= 0.3 is 0 Å². The minimum atomic E-state index is -0.0660. The van der Waals surface area contributed by atoms with Crippen LogP contribution in [-0.2, 0) is 4.79 Å². The van der Waals surface area contributed by atoms with Crippen LogP contribution in [-0.4, -0.2) is 32.3 Å². The second-order valence-electron chi connectivity index (χ2n) is 6.77. The Morgan fingerprint density at radius 2 is 2.00 bits per heavy atom. The molecule has 1 fully saturated rings. The molecule has 0 saturated heterocycles. The van der Waals surface area contributed by atoms with Crippen LogP contribution >= 0.6 is 23.1 Å². The highest BCUT2D eigenvalue weighted by molar-refractivity contribution is 8.01. The maximum atomic E-state index is 12.2. The Kier molecular flexibility index (Phi) is 5.45. The number of aromatic nitrogens is 4. The van der Waals surface area contributed by atoms with Gasteiger partial charge in [0.2, 0.25) is 22.8 Å². The third-order valence-electron chi connectivity index (χ3n) is 4.45. The van der Waals surface area contributed by atoms with Crippen LogP contribution in [0, 0.1) is 6.92 Å². The molecule has 0 bridgehead atoms. The van der Waals surface area contributed by atoms with Crippen molar-refractivity contribution in [1.29, 1.82) is 0 Å². The molecule has 0 aliphatic heterocycles. The quantitative estimate of drug-likeness (QED) is 0.410. The van der Waals surface area contributed by atoms with E-state index < -0.39 is 0 Å². The number of anilines is 1. The summed E-state index contributed by atoms with van der Waals surface area (Å²) in [6.45, 7) is 5.90. The van der Waals surface area contributed by atoms with Crippen molar-refractivity contribution in [3.05, 3.63) is 35.7 Å². The Morgan fingerprint density at radius 1 is 1.25 bits per heavy atom. The number of nitrogens with zero attached hydrogens (tertiary/aromatic N) is 5. The molecule has 1 amide bonds. The summed E-state index contributed by atoms with van der Waals surface area (Å²) >= 11 is 2.94. The molecule has 1 aliphatic carbocycles. The van der Waals surface area contributed by atoms with Gasteiger partial charge in [-0.25, -0.2) is 0 Å². The molecular formula is C19H21N5O2S2. The van der Waals surface area contributed by atoms with Gasteiger partial charge in [0.15, 0.2) is 4.34 Å². The second-order valence-corrected chi connectivity index (χ2v) is 9.31. The average Bonchev–Trinajstić information content (AvgIpc) is 3.21. The van der Waals surface area contributed by atoms with E-state index in [4.69, 9.17) is 4.42 Å². The predicted molar refractivity (Wildman–Crippen MR) is 109 cm³/mol. The number of rotatable bonds is 7. The van der Waals surface area contributed by atoms with E-state index in [1.807, 2.05) is 45.0 Å². The number of aryl methyl sites for hydroxylation is 1. The van der Waals surface area contributed by atoms with Crippen molar-refractivity contribution >= 4 is 34.1 Å². The van der Waals surface area contributed by atoms with Gasteiger partial charge in [0.25, 0.3) is 0 Å². The molecule has 0 unspecified atom stereocenters. The fraction of sp³-hybridized carbons (Fsp3) is 0.421. The lowest BCUT2D eigenvalue weighted by Gasteiger charge is -2.17. The molecule has 1 aromatic carbocycles. The smallest absolute Gasteiger partial charge is 0.247 e. The lowest BCUT2D eigenvalue weighted by Crippen LogP contribution is -2.32. The highest BCUT2D eigenvalue weighted by Crippen LogP contribution is 2.40. The summed E-state index contributed by atoms with van der Waals surface area (Å²) < 4.78 is 6.63. The van der Waals surface area contributed by atoms with Crippen molar-refractivity contribution < 1.29 is 9.21 Å². The molecule has 1 saturated carbocycles. The van der Waals surface area contributed by atoms with Crippen LogP contribution in [0.2, 0.25) is 0 Å². The molecule has 4 rings (SSSR count). The fourth-order valence-electron chi connectivity index (χ4n) is 2.73. The third-order valence-corrected chi connectivity index (χ3v) is 6.54. The van der Waals surface area contributed by atoms with Gasteiger partial charge in [0.1, 0.15) is 0 Å². The molecule has 3 aromatic rings. The molecule has 9 heteroatoms. The monoisotopic (exact) mass is 415 g/mol. The summed E-state index contributed by atoms with van der Waals surface area (Å²) in [4.78, 5) is 14.0. The van der Waals surface area contributed by atoms with Crippen molar-refractivity contribution in [2.24, 2.45) is 0 Å². The first kappa shape index (κ1) is 19.1. The third kappa shape index (κ3) is 4.10. The van der Waals surface area contributed by atoms with Crippen LogP contribution in [0.5, 0.6) is 0 Å². The fourth-order valence-corrected chi connectivity index (χ4v) is 4.83. The number of amides is 1. The molecule has 28 heavy (non-hydrogen) atoms. The van der Waals surface area contributed by atoms with E-state index >= 15 is 0 Å². The van der Waals surface area contributed by atoms with Gasteiger partial charge in [-0.15, -0.1) is 20.4 Å². The van der Waals surface area contributed by atoms with E-state index in [-0.39, 0.29) is 17.2 Å². The van der Waals surface area contributed by atoms with Crippen molar-refractivity contribution in [2.75, 3.05) is 4.90 Å². The minimum Gasteiger partial charge on any atom is -0.419 e. The van der Waals surface area contributed by atoms with Crippen LogP contribution in [0.15, 0.2) is 33.0 Å². The van der Waals surface area contributed by atoms with E-state index in [0.29, 0.717) is 23.3 Å². The van der Waals surface area contributed by atoms with Gasteiger partial charge in [-0.2, -0.15) is 0 Å². The molecule has 7 nitrogen and oxygen atoms in total. The zero-order valence-electron chi connectivity index (χ0n) is 16.0. The van der Waals surface area contributed by atoms with Crippen molar-refractivity contribution in [3.8, 4) is 11.5 Å². The van der Waals surface area contributed by atoms with Crippen LogP contribution in [0.25, 0.3) is 11.5 Å². The summed E-state index contributed by atoms with van der Waals surface area (Å²) in [5.41, 5.74) is 2.08. The maximum Gasteiger partial charge on any atom is 0.247 e. The van der Waals surface area contributed by atoms with E-state index in [1.54, 1.807) is 4.90 Å². The summed E-state index contributed by atoms with van der Waals surface area (Å²) in [5, 5.41) is 17.5. The standard InChI is InChI=1S/C19H21N5O2S2/c1-4-15(25)24(14-9-10-14)18-22-23-19(28-18)27-12(3)16-20-21-17(26-16)13-7-5-11(2)6-8-13/h5-8,12,14H,4,9-10H2,1-3H3/t12-/m1/s1. The van der Waals surface area contributed by atoms with Crippen molar-refractivity contribution in [3.63, 3.8) is 0 Å². The van der Waals surface area contributed by atoms with Crippen LogP contribution < -0.4 is 4.90 Å². The van der Waals surface area contributed by atoms with Crippen LogP contribution in [0.1, 0.15) is 49.8 Å². The lowest BCUT2D eigenvalue weighted by atomic mass is 10.1. The normalized spacial score (nSPS) is 14.8. The number of hydrogen-bond acceptors (Lipinski definition) is 8. The largest absolute Gasteiger partial charge is 0.419 e. The lowest BCUT2D eigenvalue weighted by molar-refractivity contribution is -0.118. The molecule has 1 atom stereocenters. The Labute approximate surface area is 171 Å². The molecule has 0 spiro atoms. The molecule has 2 aromatic heterocycles. The number of thioether (sulfide) groups is 1. The van der Waals surface area contributed by atoms with Gasteiger partial charge in [-0.3, -0.25) is 9.69 Å². The van der Waals surface area contributed by atoms with Crippen molar-refractivity contribution in [2.45, 2.75) is 55.7 Å². The van der Waals surface area contributed by atoms with Crippen LogP contribution in [0.3, 0.4) is 0 Å². The zero-order chi connectivity index (χ0) is 19.7. The van der Waals surface area contributed by atoms with Gasteiger partial charge < -0.3 is 4.42 Å². The predicted octanol–water partition coefficient (Wildman–Crippen LogP) is 4.66. The van der Waals surface area contributed by atoms with E-state index in [0.717, 1.165) is 22.7 Å². The average molecular weight is 416 g/mol. The second kappa shape index (κ2) is 8.00. The molecule has 0 N–H and O–H groups in total. The van der Waals surface area contributed by atoms with Gasteiger partial charge in [0.05, 0.1) is 5.25 Å². The zero-order valence-corrected chi connectivity index (χ0v) is 17.6.